The first kappa shape index (κ1) is 16.8. The Bertz CT molecular complexity index is 528. The zero-order valence-corrected chi connectivity index (χ0v) is 14.1. The fraction of sp³-hybridized carbons (Fsp3) is 0.231. The monoisotopic (exact) mass is 406 g/mol. The molecule has 1 aromatic carbocycles. The Morgan fingerprint density at radius 1 is 1.20 bits per heavy atom. The lowest BCUT2D eigenvalue weighted by Gasteiger charge is -2.10. The van der Waals surface area contributed by atoms with Crippen molar-refractivity contribution in [2.24, 2.45) is 4.99 Å². The quantitative estimate of drug-likeness (QED) is 0.466. The van der Waals surface area contributed by atoms with Crippen molar-refractivity contribution in [3.8, 4) is 0 Å². The second-order valence-electron chi connectivity index (χ2n) is 3.90. The van der Waals surface area contributed by atoms with Gasteiger partial charge in [-0.3, -0.25) is 4.99 Å². The summed E-state index contributed by atoms with van der Waals surface area (Å²) in [5.41, 5.74) is 1.96. The highest BCUT2D eigenvalue weighted by Crippen LogP contribution is 2.08. The fourth-order valence-corrected chi connectivity index (χ4v) is 1.64. The van der Waals surface area contributed by atoms with Crippen LogP contribution in [0.3, 0.4) is 0 Å². The number of hydrogen-bond donors (Lipinski definition) is 2. The summed E-state index contributed by atoms with van der Waals surface area (Å²) in [5, 5.41) is 10.9. The van der Waals surface area contributed by atoms with E-state index in [-0.39, 0.29) is 24.0 Å². The van der Waals surface area contributed by atoms with Crippen molar-refractivity contribution in [2.45, 2.75) is 13.1 Å². The molecule has 108 valence electrons. The Labute approximate surface area is 139 Å². The van der Waals surface area contributed by atoms with Gasteiger partial charge in [0.25, 0.3) is 0 Å². The Kier molecular flexibility index (Phi) is 7.38. The van der Waals surface area contributed by atoms with Crippen molar-refractivity contribution in [3.63, 3.8) is 0 Å². The lowest BCUT2D eigenvalue weighted by atomic mass is 10.2. The van der Waals surface area contributed by atoms with E-state index in [4.69, 9.17) is 16.1 Å². The van der Waals surface area contributed by atoms with Crippen molar-refractivity contribution in [3.05, 3.63) is 52.9 Å². The fourth-order valence-electron chi connectivity index (χ4n) is 1.51. The molecule has 0 aliphatic carbocycles. The molecule has 5 nitrogen and oxygen atoms in total. The molecule has 2 aromatic rings. The number of benzene rings is 1. The van der Waals surface area contributed by atoms with Gasteiger partial charge in [-0.2, -0.15) is 0 Å². The molecule has 2 rings (SSSR count). The van der Waals surface area contributed by atoms with Gasteiger partial charge < -0.3 is 15.2 Å². The highest BCUT2D eigenvalue weighted by atomic mass is 127. The van der Waals surface area contributed by atoms with Crippen LogP contribution in [-0.2, 0) is 13.1 Å². The van der Waals surface area contributed by atoms with E-state index in [9.17, 15) is 0 Å². The molecule has 0 saturated carbocycles. The number of halogens is 2. The van der Waals surface area contributed by atoms with Crippen LogP contribution in [0.4, 0.5) is 0 Å². The largest absolute Gasteiger partial charge is 0.364 e. The predicted octanol–water partition coefficient (Wildman–Crippen LogP) is 2.81. The third-order valence-electron chi connectivity index (χ3n) is 2.53. The molecule has 0 aliphatic heterocycles. The van der Waals surface area contributed by atoms with E-state index in [1.54, 1.807) is 19.4 Å². The lowest BCUT2D eigenvalue weighted by molar-refractivity contribution is 0.410. The molecular weight excluding hydrogens is 391 g/mol. The summed E-state index contributed by atoms with van der Waals surface area (Å²) in [5.74, 6) is 0.706. The van der Waals surface area contributed by atoms with Crippen LogP contribution in [0, 0.1) is 0 Å². The standard InChI is InChI=1S/C13H15ClN4O.HI/c1-15-13(17-9-12-6-7-19-18-12)16-8-10-2-4-11(14)5-3-10;/h2-7H,8-9H2,1H3,(H2,15,16,17);1H. The van der Waals surface area contributed by atoms with Crippen LogP contribution in [0.1, 0.15) is 11.3 Å². The van der Waals surface area contributed by atoms with Gasteiger partial charge in [0.2, 0.25) is 0 Å². The molecule has 1 aromatic heterocycles. The topological polar surface area (TPSA) is 62.5 Å². The maximum Gasteiger partial charge on any atom is 0.191 e. The van der Waals surface area contributed by atoms with Crippen LogP contribution in [-0.4, -0.2) is 18.2 Å². The molecule has 0 amide bonds. The molecule has 0 unspecified atom stereocenters. The highest BCUT2D eigenvalue weighted by Gasteiger charge is 2.00. The average Bonchev–Trinajstić information content (AvgIpc) is 2.94. The van der Waals surface area contributed by atoms with E-state index in [1.807, 2.05) is 24.3 Å². The molecule has 0 aliphatic rings. The van der Waals surface area contributed by atoms with Gasteiger partial charge >= 0.3 is 0 Å². The summed E-state index contributed by atoms with van der Waals surface area (Å²) >= 11 is 5.84. The maximum absolute atomic E-state index is 5.84. The summed E-state index contributed by atoms with van der Waals surface area (Å²) in [6.07, 6.45) is 1.54. The molecule has 1 heterocycles. The minimum atomic E-state index is 0. The normalized spacial score (nSPS) is 10.8. The summed E-state index contributed by atoms with van der Waals surface area (Å²) in [6.45, 7) is 1.24. The Morgan fingerprint density at radius 2 is 1.90 bits per heavy atom. The minimum Gasteiger partial charge on any atom is -0.364 e. The van der Waals surface area contributed by atoms with Crippen molar-refractivity contribution in [1.29, 1.82) is 0 Å². The summed E-state index contributed by atoms with van der Waals surface area (Å²) in [4.78, 5) is 4.13. The lowest BCUT2D eigenvalue weighted by Crippen LogP contribution is -2.36. The predicted molar refractivity (Wildman–Crippen MR) is 90.4 cm³/mol. The minimum absolute atomic E-state index is 0. The number of nitrogens with one attached hydrogen (secondary N) is 2. The van der Waals surface area contributed by atoms with Gasteiger partial charge in [-0.1, -0.05) is 28.9 Å². The van der Waals surface area contributed by atoms with Gasteiger partial charge in [-0.05, 0) is 17.7 Å². The number of aromatic nitrogens is 1. The molecule has 0 radical (unpaired) electrons. The van der Waals surface area contributed by atoms with Crippen LogP contribution in [0.2, 0.25) is 5.02 Å². The average molecular weight is 407 g/mol. The summed E-state index contributed by atoms with van der Waals surface area (Å²) < 4.78 is 4.76. The van der Waals surface area contributed by atoms with Crippen LogP contribution >= 0.6 is 35.6 Å². The van der Waals surface area contributed by atoms with Crippen LogP contribution < -0.4 is 10.6 Å². The smallest absolute Gasteiger partial charge is 0.191 e. The van der Waals surface area contributed by atoms with E-state index in [2.05, 4.69) is 20.8 Å². The van der Waals surface area contributed by atoms with E-state index >= 15 is 0 Å². The second kappa shape index (κ2) is 8.80. The molecule has 0 saturated heterocycles. The molecule has 2 N–H and O–H groups in total. The first-order chi connectivity index (χ1) is 9.28. The van der Waals surface area contributed by atoms with Crippen molar-refractivity contribution >= 4 is 41.5 Å². The van der Waals surface area contributed by atoms with E-state index in [1.165, 1.54) is 0 Å². The zero-order valence-electron chi connectivity index (χ0n) is 11.0. The summed E-state index contributed by atoms with van der Waals surface area (Å²) in [7, 11) is 1.72. The molecular formula is C13H16ClIN4O. The molecule has 0 atom stereocenters. The SMILES string of the molecule is CN=C(NCc1ccc(Cl)cc1)NCc1ccon1.I. The first-order valence-corrected chi connectivity index (χ1v) is 6.24. The third kappa shape index (κ3) is 5.38. The molecule has 0 spiro atoms. The molecule has 7 heteroatoms. The number of nitrogens with zero attached hydrogens (tertiary/aromatic N) is 2. The summed E-state index contributed by atoms with van der Waals surface area (Å²) in [6, 6.07) is 9.48. The maximum atomic E-state index is 5.84. The van der Waals surface area contributed by atoms with Crippen LogP contribution in [0.25, 0.3) is 0 Å². The highest BCUT2D eigenvalue weighted by molar-refractivity contribution is 14.0. The second-order valence-corrected chi connectivity index (χ2v) is 4.33. The van der Waals surface area contributed by atoms with Crippen LogP contribution in [0.15, 0.2) is 46.1 Å². The van der Waals surface area contributed by atoms with Gasteiger partial charge in [-0.25, -0.2) is 0 Å². The Hall–Kier alpha value is -1.28. The van der Waals surface area contributed by atoms with E-state index in [0.717, 1.165) is 16.3 Å². The van der Waals surface area contributed by atoms with Crippen molar-refractivity contribution in [2.75, 3.05) is 7.05 Å². The number of aliphatic imine (C=N–C) groups is 1. The van der Waals surface area contributed by atoms with Crippen molar-refractivity contribution in [1.82, 2.24) is 15.8 Å². The van der Waals surface area contributed by atoms with E-state index < -0.39 is 0 Å². The Morgan fingerprint density at radius 3 is 2.50 bits per heavy atom. The van der Waals surface area contributed by atoms with Gasteiger partial charge in [0.05, 0.1) is 6.54 Å². The molecule has 0 fully saturated rings. The van der Waals surface area contributed by atoms with Crippen LogP contribution in [0.5, 0.6) is 0 Å². The number of rotatable bonds is 4. The number of hydrogen-bond acceptors (Lipinski definition) is 3. The van der Waals surface area contributed by atoms with E-state index in [0.29, 0.717) is 19.0 Å². The Balaban J connectivity index is 0.00000200. The van der Waals surface area contributed by atoms with Gasteiger partial charge in [-0.15, -0.1) is 24.0 Å². The number of guanidine groups is 1. The molecule has 20 heavy (non-hydrogen) atoms. The zero-order chi connectivity index (χ0) is 13.5. The van der Waals surface area contributed by atoms with Gasteiger partial charge in [0.1, 0.15) is 12.0 Å². The molecule has 0 bridgehead atoms. The van der Waals surface area contributed by atoms with Gasteiger partial charge in [0, 0.05) is 24.7 Å². The van der Waals surface area contributed by atoms with Gasteiger partial charge in [0.15, 0.2) is 5.96 Å². The van der Waals surface area contributed by atoms with Crippen molar-refractivity contribution < 1.29 is 4.52 Å². The third-order valence-corrected chi connectivity index (χ3v) is 2.78. The first-order valence-electron chi connectivity index (χ1n) is 5.86.